The lowest BCUT2D eigenvalue weighted by Crippen LogP contribution is -2.34. The van der Waals surface area contributed by atoms with Crippen molar-refractivity contribution in [2.45, 2.75) is 45.3 Å². The van der Waals surface area contributed by atoms with Crippen LogP contribution in [0.1, 0.15) is 49.0 Å². The minimum absolute atomic E-state index is 0.0632. The second-order valence-corrected chi connectivity index (χ2v) is 9.32. The van der Waals surface area contributed by atoms with Crippen molar-refractivity contribution < 1.29 is 23.5 Å². The zero-order valence-electron chi connectivity index (χ0n) is 21.0. The van der Waals surface area contributed by atoms with E-state index in [-0.39, 0.29) is 18.1 Å². The number of alkyl halides is 1. The highest BCUT2D eigenvalue weighted by Crippen LogP contribution is 2.33. The van der Waals surface area contributed by atoms with E-state index in [1.165, 1.54) is 7.11 Å². The molecular weight excluding hydrogens is 463 g/mol. The highest BCUT2D eigenvalue weighted by molar-refractivity contribution is 6.03. The third kappa shape index (κ3) is 5.24. The Balaban J connectivity index is 1.67. The van der Waals surface area contributed by atoms with Crippen LogP contribution >= 0.6 is 0 Å². The normalized spacial score (nSPS) is 22.7. The molecule has 2 aliphatic rings. The quantitative estimate of drug-likeness (QED) is 0.571. The third-order valence-electron chi connectivity index (χ3n) is 7.22. The Morgan fingerprint density at radius 3 is 2.67 bits per heavy atom. The van der Waals surface area contributed by atoms with Crippen LogP contribution in [0.5, 0.6) is 11.6 Å². The molecule has 8 nitrogen and oxygen atoms in total. The van der Waals surface area contributed by atoms with E-state index in [0.717, 1.165) is 32.5 Å². The summed E-state index contributed by atoms with van der Waals surface area (Å²) in [5.41, 5.74) is 6.49. The summed E-state index contributed by atoms with van der Waals surface area (Å²) in [7, 11) is 1.45. The number of benzene rings is 1. The molecule has 0 radical (unpaired) electrons. The minimum Gasteiger partial charge on any atom is -0.496 e. The lowest BCUT2D eigenvalue weighted by molar-refractivity contribution is -0.123. The molecule has 3 N–H and O–H groups in total. The Hall–Kier alpha value is -3.38. The van der Waals surface area contributed by atoms with E-state index in [0.29, 0.717) is 34.4 Å². The van der Waals surface area contributed by atoms with Crippen LogP contribution in [-0.2, 0) is 4.79 Å². The molecular formula is C27H33FN4O4. The average molecular weight is 497 g/mol. The standard InChI is InChI=1S/C27H33FN4O4/c1-4-18-22(31-26(34)24(18)28)15-36-27-20-13-23(35-3)21(25(29)33)12-19(20)17(14-30-27)7-6-16-8-10-32(5-2)11-9-16/h12-14,16,18,22,24H,4-5,8-11,15H2,1-3H3,(H2,29,33)(H,31,34)/t18-,22+,24-/m0/s1. The summed E-state index contributed by atoms with van der Waals surface area (Å²) in [6, 6.07) is 2.85. The molecule has 192 valence electrons. The van der Waals surface area contributed by atoms with Crippen molar-refractivity contribution in [3.63, 3.8) is 0 Å². The Bertz CT molecular complexity index is 1200. The number of fused-ring (bicyclic) bond motifs is 1. The maximum Gasteiger partial charge on any atom is 0.255 e. The highest BCUT2D eigenvalue weighted by Gasteiger charge is 2.41. The Morgan fingerprint density at radius 2 is 2.03 bits per heavy atom. The van der Waals surface area contributed by atoms with Crippen LogP contribution in [0.4, 0.5) is 4.39 Å². The number of hydrogen-bond donors (Lipinski definition) is 2. The summed E-state index contributed by atoms with van der Waals surface area (Å²) in [6.07, 6.45) is 2.59. The van der Waals surface area contributed by atoms with Crippen molar-refractivity contribution in [2.75, 3.05) is 33.4 Å². The molecule has 2 amide bonds. The van der Waals surface area contributed by atoms with Gasteiger partial charge in [0.25, 0.3) is 11.8 Å². The number of halogens is 1. The van der Waals surface area contributed by atoms with E-state index < -0.39 is 29.9 Å². The summed E-state index contributed by atoms with van der Waals surface area (Å²) in [6.45, 7) is 7.17. The van der Waals surface area contributed by atoms with Gasteiger partial charge in [0.15, 0.2) is 6.17 Å². The van der Waals surface area contributed by atoms with Gasteiger partial charge in [-0.3, -0.25) is 9.59 Å². The van der Waals surface area contributed by atoms with Crippen molar-refractivity contribution in [3.05, 3.63) is 29.5 Å². The maximum atomic E-state index is 14.2. The predicted molar refractivity (Wildman–Crippen MR) is 135 cm³/mol. The predicted octanol–water partition coefficient (Wildman–Crippen LogP) is 2.67. The molecule has 1 aromatic carbocycles. The molecule has 0 bridgehead atoms. The molecule has 2 aliphatic heterocycles. The molecule has 0 aliphatic carbocycles. The zero-order chi connectivity index (χ0) is 25.8. The highest BCUT2D eigenvalue weighted by atomic mass is 19.1. The van der Waals surface area contributed by atoms with Gasteiger partial charge in [-0.2, -0.15) is 0 Å². The number of nitrogens with one attached hydrogen (secondary N) is 1. The number of rotatable bonds is 7. The summed E-state index contributed by atoms with van der Waals surface area (Å²) in [4.78, 5) is 30.8. The number of hydrogen-bond acceptors (Lipinski definition) is 6. The number of likely N-dealkylation sites (tertiary alicyclic amines) is 1. The fourth-order valence-corrected chi connectivity index (χ4v) is 4.98. The number of pyridine rings is 1. The van der Waals surface area contributed by atoms with Crippen LogP contribution in [0.3, 0.4) is 0 Å². The summed E-state index contributed by atoms with van der Waals surface area (Å²) < 4.78 is 25.6. The van der Waals surface area contributed by atoms with Crippen LogP contribution < -0.4 is 20.5 Å². The van der Waals surface area contributed by atoms with E-state index in [9.17, 15) is 14.0 Å². The summed E-state index contributed by atoms with van der Waals surface area (Å²) >= 11 is 0. The SMILES string of the molecule is CC[C@@H]1[C@H](F)C(=O)N[C@@H]1COc1ncc(C#CC2CCN(CC)CC2)c2cc(C(N)=O)c(OC)cc12. The minimum atomic E-state index is -1.55. The number of methoxy groups -OCH3 is 1. The van der Waals surface area contributed by atoms with E-state index in [1.807, 2.05) is 6.92 Å². The fourth-order valence-electron chi connectivity index (χ4n) is 4.98. The largest absolute Gasteiger partial charge is 0.496 e. The molecule has 2 saturated heterocycles. The van der Waals surface area contributed by atoms with Crippen molar-refractivity contribution in [2.24, 2.45) is 17.6 Å². The molecule has 0 unspecified atom stereocenters. The topological polar surface area (TPSA) is 107 Å². The molecule has 4 rings (SSSR count). The molecule has 0 saturated carbocycles. The smallest absolute Gasteiger partial charge is 0.255 e. The Labute approximate surface area is 210 Å². The van der Waals surface area contributed by atoms with Crippen LogP contribution in [0.25, 0.3) is 10.8 Å². The van der Waals surface area contributed by atoms with E-state index in [4.69, 9.17) is 15.2 Å². The number of piperidine rings is 1. The summed E-state index contributed by atoms with van der Waals surface area (Å²) in [5.74, 6) is 5.81. The van der Waals surface area contributed by atoms with Gasteiger partial charge in [-0.15, -0.1) is 0 Å². The number of nitrogens with two attached hydrogens (primary N) is 1. The number of amides is 2. The first kappa shape index (κ1) is 25.7. The van der Waals surface area contributed by atoms with Gasteiger partial charge < -0.3 is 25.4 Å². The van der Waals surface area contributed by atoms with Crippen LogP contribution in [0, 0.1) is 23.7 Å². The van der Waals surface area contributed by atoms with Crippen LogP contribution in [0.15, 0.2) is 18.3 Å². The molecule has 1 aromatic heterocycles. The monoisotopic (exact) mass is 496 g/mol. The van der Waals surface area contributed by atoms with Gasteiger partial charge in [0.05, 0.1) is 24.3 Å². The first-order valence-electron chi connectivity index (χ1n) is 12.5. The van der Waals surface area contributed by atoms with Crippen molar-refractivity contribution in [1.82, 2.24) is 15.2 Å². The first-order valence-corrected chi connectivity index (χ1v) is 12.5. The first-order chi connectivity index (χ1) is 17.4. The molecule has 36 heavy (non-hydrogen) atoms. The maximum absolute atomic E-state index is 14.2. The average Bonchev–Trinajstić information content (AvgIpc) is 3.17. The molecule has 9 heteroatoms. The van der Waals surface area contributed by atoms with E-state index in [1.54, 1.807) is 18.3 Å². The molecule has 2 aromatic rings. The zero-order valence-corrected chi connectivity index (χ0v) is 21.0. The number of ether oxygens (including phenoxy) is 2. The summed E-state index contributed by atoms with van der Waals surface area (Å²) in [5, 5.41) is 3.93. The number of primary amides is 1. The third-order valence-corrected chi connectivity index (χ3v) is 7.22. The van der Waals surface area contributed by atoms with Crippen molar-refractivity contribution in [3.8, 4) is 23.5 Å². The van der Waals surface area contributed by atoms with Crippen LogP contribution in [0.2, 0.25) is 0 Å². The van der Waals surface area contributed by atoms with Gasteiger partial charge in [-0.25, -0.2) is 9.37 Å². The van der Waals surface area contributed by atoms with Gasteiger partial charge >= 0.3 is 0 Å². The van der Waals surface area contributed by atoms with Gasteiger partial charge in [0, 0.05) is 28.8 Å². The lowest BCUT2D eigenvalue weighted by atomic mass is 9.96. The van der Waals surface area contributed by atoms with E-state index in [2.05, 4.69) is 34.0 Å². The number of aromatic nitrogens is 1. The second-order valence-electron chi connectivity index (χ2n) is 9.32. The van der Waals surface area contributed by atoms with Crippen LogP contribution in [-0.4, -0.2) is 67.3 Å². The molecule has 2 fully saturated rings. The fraction of sp³-hybridized carbons (Fsp3) is 0.519. The van der Waals surface area contributed by atoms with Gasteiger partial charge in [-0.1, -0.05) is 25.7 Å². The number of carbonyl (C=O) groups is 2. The Morgan fingerprint density at radius 1 is 1.28 bits per heavy atom. The lowest BCUT2D eigenvalue weighted by Gasteiger charge is -2.28. The number of carbonyl (C=O) groups excluding carboxylic acids is 2. The molecule has 3 atom stereocenters. The van der Waals surface area contributed by atoms with Gasteiger partial charge in [-0.05, 0) is 51.0 Å². The second kappa shape index (κ2) is 11.1. The van der Waals surface area contributed by atoms with Crippen molar-refractivity contribution in [1.29, 1.82) is 0 Å². The van der Waals surface area contributed by atoms with E-state index >= 15 is 0 Å². The number of nitrogens with zero attached hydrogens (tertiary/aromatic N) is 2. The van der Waals surface area contributed by atoms with Gasteiger partial charge in [0.1, 0.15) is 12.4 Å². The van der Waals surface area contributed by atoms with Gasteiger partial charge in [0.2, 0.25) is 5.88 Å². The molecule has 0 spiro atoms. The molecule has 3 heterocycles. The van der Waals surface area contributed by atoms with Crippen molar-refractivity contribution >= 4 is 22.6 Å². The Kier molecular flexibility index (Phi) is 7.94.